The van der Waals surface area contributed by atoms with Crippen molar-refractivity contribution in [3.63, 3.8) is 0 Å². The monoisotopic (exact) mass is 430 g/mol. The summed E-state index contributed by atoms with van der Waals surface area (Å²) in [5, 5.41) is 5.91. The molecule has 1 heterocycles. The van der Waals surface area contributed by atoms with Crippen LogP contribution in [-0.2, 0) is 16.1 Å². The zero-order valence-electron chi connectivity index (χ0n) is 19.9. The lowest BCUT2D eigenvalue weighted by atomic mass is 10.0. The second-order valence-electron chi connectivity index (χ2n) is 9.49. The van der Waals surface area contributed by atoms with E-state index in [4.69, 9.17) is 0 Å². The Labute approximate surface area is 188 Å². The summed E-state index contributed by atoms with van der Waals surface area (Å²) < 4.78 is 0. The fraction of sp³-hybridized carbons (Fsp3) is 0.680. The average molecular weight is 431 g/mol. The Kier molecular flexibility index (Phi) is 11.0. The van der Waals surface area contributed by atoms with Crippen LogP contribution >= 0.6 is 0 Å². The smallest absolute Gasteiger partial charge is 0.242 e. The largest absolute Gasteiger partial charge is 0.354 e. The van der Waals surface area contributed by atoms with E-state index in [-0.39, 0.29) is 23.7 Å². The van der Waals surface area contributed by atoms with E-state index in [9.17, 15) is 9.59 Å². The molecule has 0 radical (unpaired) electrons. The lowest BCUT2D eigenvalue weighted by molar-refractivity contribution is -0.130. The van der Waals surface area contributed by atoms with E-state index in [0.29, 0.717) is 13.0 Å². The molecule has 1 aromatic carbocycles. The molecule has 2 N–H and O–H groups in total. The van der Waals surface area contributed by atoms with Crippen molar-refractivity contribution in [3.8, 4) is 0 Å². The van der Waals surface area contributed by atoms with E-state index in [1.54, 1.807) is 0 Å². The summed E-state index contributed by atoms with van der Waals surface area (Å²) in [5.41, 5.74) is 1.38. The van der Waals surface area contributed by atoms with Crippen LogP contribution in [0.1, 0.15) is 52.5 Å². The molecule has 6 nitrogen and oxygen atoms in total. The third kappa shape index (κ3) is 9.83. The number of carbonyl (C=O) groups excluding carboxylic acids is 2. The highest BCUT2D eigenvalue weighted by Gasteiger charge is 2.24. The van der Waals surface area contributed by atoms with Crippen LogP contribution in [0.15, 0.2) is 30.3 Å². The molecule has 1 fully saturated rings. The highest BCUT2D eigenvalue weighted by molar-refractivity contribution is 5.87. The van der Waals surface area contributed by atoms with Gasteiger partial charge in [-0.1, -0.05) is 58.0 Å². The topological polar surface area (TPSA) is 64.7 Å². The van der Waals surface area contributed by atoms with Crippen molar-refractivity contribution in [2.24, 2.45) is 11.8 Å². The van der Waals surface area contributed by atoms with Gasteiger partial charge in [-0.05, 0) is 36.8 Å². The van der Waals surface area contributed by atoms with Gasteiger partial charge in [0.25, 0.3) is 0 Å². The van der Waals surface area contributed by atoms with Crippen LogP contribution in [0.4, 0.5) is 0 Å². The van der Waals surface area contributed by atoms with E-state index in [1.807, 2.05) is 27.7 Å². The van der Waals surface area contributed by atoms with Gasteiger partial charge in [-0.2, -0.15) is 0 Å². The maximum Gasteiger partial charge on any atom is 0.242 e. The van der Waals surface area contributed by atoms with Gasteiger partial charge in [-0.25, -0.2) is 0 Å². The molecule has 1 aliphatic heterocycles. The lowest BCUT2D eigenvalue weighted by Gasteiger charge is -2.34. The second-order valence-corrected chi connectivity index (χ2v) is 9.49. The van der Waals surface area contributed by atoms with Crippen LogP contribution in [0.2, 0.25) is 0 Å². The molecule has 2 amide bonds. The summed E-state index contributed by atoms with van der Waals surface area (Å²) in [6.45, 7) is 15.2. The number of hydrogen-bond acceptors (Lipinski definition) is 4. The van der Waals surface area contributed by atoms with E-state index >= 15 is 0 Å². The zero-order valence-corrected chi connectivity index (χ0v) is 19.9. The summed E-state index contributed by atoms with van der Waals surface area (Å²) in [6, 6.07) is 10.2. The summed E-state index contributed by atoms with van der Waals surface area (Å²) in [7, 11) is 0. The van der Waals surface area contributed by atoms with Gasteiger partial charge in [0.15, 0.2) is 0 Å². The summed E-state index contributed by atoms with van der Waals surface area (Å²) in [5.74, 6) is 0.247. The van der Waals surface area contributed by atoms with Gasteiger partial charge < -0.3 is 15.5 Å². The van der Waals surface area contributed by atoms with Crippen molar-refractivity contribution < 1.29 is 9.59 Å². The number of hydrogen-bond donors (Lipinski definition) is 2. The van der Waals surface area contributed by atoms with Crippen molar-refractivity contribution in [2.75, 3.05) is 39.3 Å². The molecule has 1 saturated heterocycles. The van der Waals surface area contributed by atoms with Gasteiger partial charge in [0.1, 0.15) is 6.04 Å². The lowest BCUT2D eigenvalue weighted by Crippen LogP contribution is -2.50. The van der Waals surface area contributed by atoms with Gasteiger partial charge in [0.2, 0.25) is 11.8 Å². The molecule has 0 spiro atoms. The minimum atomic E-state index is -0.455. The van der Waals surface area contributed by atoms with E-state index in [1.165, 1.54) is 5.56 Å². The number of carbonyl (C=O) groups is 2. The normalized spacial score (nSPS) is 16.5. The van der Waals surface area contributed by atoms with Crippen molar-refractivity contribution in [1.29, 1.82) is 0 Å². The molecule has 6 heteroatoms. The molecule has 0 saturated carbocycles. The maximum atomic E-state index is 12.5. The van der Waals surface area contributed by atoms with Gasteiger partial charge in [-0.3, -0.25) is 14.5 Å². The van der Waals surface area contributed by atoms with E-state index in [0.717, 1.165) is 52.1 Å². The Hall–Kier alpha value is -1.92. The van der Waals surface area contributed by atoms with Crippen LogP contribution in [-0.4, -0.2) is 66.9 Å². The standard InChI is InChI=1S/C25H42N4O2/c1-20(2)18-23(30)27-24(21(3)4)25(31)26-12-8-9-13-28-14-16-29(17-15-28)19-22-10-6-5-7-11-22/h5-7,10-11,20-21,24H,8-9,12-19H2,1-4H3,(H,26,31)(H,27,30). The predicted molar refractivity (Wildman–Crippen MR) is 127 cm³/mol. The first-order valence-electron chi connectivity index (χ1n) is 11.9. The first kappa shape index (κ1) is 25.3. The number of nitrogens with one attached hydrogen (secondary N) is 2. The third-order valence-electron chi connectivity index (χ3n) is 5.77. The third-order valence-corrected chi connectivity index (χ3v) is 5.77. The fourth-order valence-electron chi connectivity index (χ4n) is 3.93. The number of piperazine rings is 1. The molecule has 1 aromatic rings. The van der Waals surface area contributed by atoms with Gasteiger partial charge in [0, 0.05) is 45.7 Å². The molecule has 1 unspecified atom stereocenters. The van der Waals surface area contributed by atoms with Crippen molar-refractivity contribution in [3.05, 3.63) is 35.9 Å². The van der Waals surface area contributed by atoms with Crippen LogP contribution in [0.25, 0.3) is 0 Å². The Morgan fingerprint density at radius 1 is 0.935 bits per heavy atom. The first-order chi connectivity index (χ1) is 14.8. The van der Waals surface area contributed by atoms with Gasteiger partial charge in [-0.15, -0.1) is 0 Å². The highest BCUT2D eigenvalue weighted by Crippen LogP contribution is 2.09. The molecular formula is C25H42N4O2. The van der Waals surface area contributed by atoms with Crippen LogP contribution in [0.5, 0.6) is 0 Å². The SMILES string of the molecule is CC(C)CC(=O)NC(C(=O)NCCCCN1CCN(Cc2ccccc2)CC1)C(C)C. The molecule has 2 rings (SSSR count). The quantitative estimate of drug-likeness (QED) is 0.501. The molecule has 31 heavy (non-hydrogen) atoms. The fourth-order valence-corrected chi connectivity index (χ4v) is 3.93. The van der Waals surface area contributed by atoms with E-state index in [2.05, 4.69) is 50.8 Å². The second kappa shape index (κ2) is 13.5. The summed E-state index contributed by atoms with van der Waals surface area (Å²) in [6.07, 6.45) is 2.49. The Morgan fingerprint density at radius 3 is 2.19 bits per heavy atom. The van der Waals surface area contributed by atoms with E-state index < -0.39 is 6.04 Å². The van der Waals surface area contributed by atoms with Gasteiger partial charge in [0.05, 0.1) is 0 Å². The number of rotatable bonds is 12. The molecular weight excluding hydrogens is 388 g/mol. The number of unbranched alkanes of at least 4 members (excludes halogenated alkanes) is 1. The molecule has 1 atom stereocenters. The summed E-state index contributed by atoms with van der Waals surface area (Å²) in [4.78, 5) is 29.6. The first-order valence-corrected chi connectivity index (χ1v) is 11.9. The van der Waals surface area contributed by atoms with Gasteiger partial charge >= 0.3 is 0 Å². The molecule has 1 aliphatic rings. The van der Waals surface area contributed by atoms with Crippen molar-refractivity contribution in [2.45, 2.75) is 59.5 Å². The number of amides is 2. The minimum Gasteiger partial charge on any atom is -0.354 e. The molecule has 0 aromatic heterocycles. The summed E-state index contributed by atoms with van der Waals surface area (Å²) >= 11 is 0. The van der Waals surface area contributed by atoms with Crippen LogP contribution in [0, 0.1) is 11.8 Å². The Morgan fingerprint density at radius 2 is 1.58 bits per heavy atom. The number of benzene rings is 1. The zero-order chi connectivity index (χ0) is 22.6. The van der Waals surface area contributed by atoms with Crippen molar-refractivity contribution >= 4 is 11.8 Å². The Balaban J connectivity index is 1.58. The maximum absolute atomic E-state index is 12.5. The molecule has 0 aliphatic carbocycles. The highest BCUT2D eigenvalue weighted by atomic mass is 16.2. The average Bonchev–Trinajstić information content (AvgIpc) is 2.73. The van der Waals surface area contributed by atoms with Crippen LogP contribution < -0.4 is 10.6 Å². The predicted octanol–water partition coefficient (Wildman–Crippen LogP) is 2.89. The van der Waals surface area contributed by atoms with Crippen LogP contribution in [0.3, 0.4) is 0 Å². The molecule has 174 valence electrons. The minimum absolute atomic E-state index is 0.0461. The molecule has 0 bridgehead atoms. The Bertz CT molecular complexity index is 655. The van der Waals surface area contributed by atoms with Crippen molar-refractivity contribution in [1.82, 2.24) is 20.4 Å². The number of nitrogens with zero attached hydrogens (tertiary/aromatic N) is 2.